The number of nitrogens with zero attached hydrogens (tertiary/aromatic N) is 6. The van der Waals surface area contributed by atoms with Gasteiger partial charge in [-0.25, -0.2) is 0 Å². The van der Waals surface area contributed by atoms with Gasteiger partial charge in [0, 0.05) is 38.0 Å². The Morgan fingerprint density at radius 1 is 1.15 bits per heavy atom. The summed E-state index contributed by atoms with van der Waals surface area (Å²) in [6.07, 6.45) is 7.36. The third kappa shape index (κ3) is 4.16. The Morgan fingerprint density at radius 2 is 2.04 bits per heavy atom. The summed E-state index contributed by atoms with van der Waals surface area (Å²) in [4.78, 5) is 29.9. The van der Waals surface area contributed by atoms with E-state index in [0.717, 1.165) is 56.1 Å². The van der Waals surface area contributed by atoms with E-state index in [1.54, 1.807) is 12.4 Å². The number of likely N-dealkylation sites (tertiary alicyclic amines) is 2. The minimum absolute atomic E-state index is 0.142. The number of rotatable bonds is 4. The van der Waals surface area contributed by atoms with Crippen molar-refractivity contribution in [2.24, 2.45) is 5.41 Å². The van der Waals surface area contributed by atoms with Gasteiger partial charge in [-0.05, 0) is 32.7 Å². The molecule has 8 nitrogen and oxygen atoms in total. The predicted molar refractivity (Wildman–Crippen MR) is 97.4 cm³/mol. The Balaban J connectivity index is 1.43. The van der Waals surface area contributed by atoms with Crippen LogP contribution in [0.4, 0.5) is 0 Å². The molecule has 1 unspecified atom stereocenters. The molecule has 2 saturated heterocycles. The van der Waals surface area contributed by atoms with Crippen LogP contribution < -0.4 is 0 Å². The van der Waals surface area contributed by atoms with Crippen molar-refractivity contribution in [1.29, 1.82) is 0 Å². The molecule has 0 aromatic carbocycles. The Bertz CT molecular complexity index is 805. The van der Waals surface area contributed by atoms with Gasteiger partial charge in [0.25, 0.3) is 0 Å². The molecule has 2 aromatic heterocycles. The van der Waals surface area contributed by atoms with Gasteiger partial charge in [0.2, 0.25) is 11.8 Å². The first-order valence-corrected chi connectivity index (χ1v) is 9.58. The summed E-state index contributed by atoms with van der Waals surface area (Å²) in [6, 6.07) is 0. The molecule has 8 heteroatoms. The van der Waals surface area contributed by atoms with Crippen LogP contribution in [-0.4, -0.2) is 55.4 Å². The van der Waals surface area contributed by atoms with Crippen molar-refractivity contribution in [2.45, 2.75) is 52.6 Å². The zero-order valence-electron chi connectivity index (χ0n) is 16.0. The summed E-state index contributed by atoms with van der Waals surface area (Å²) in [6.45, 7) is 7.75. The minimum atomic E-state index is 0.142. The molecule has 1 spiro atoms. The van der Waals surface area contributed by atoms with Crippen molar-refractivity contribution in [3.05, 3.63) is 35.5 Å². The van der Waals surface area contributed by atoms with Crippen LogP contribution in [0.5, 0.6) is 0 Å². The van der Waals surface area contributed by atoms with Gasteiger partial charge in [-0.15, -0.1) is 0 Å². The van der Waals surface area contributed by atoms with Crippen molar-refractivity contribution in [3.63, 3.8) is 0 Å². The van der Waals surface area contributed by atoms with Crippen LogP contribution in [0.2, 0.25) is 0 Å². The van der Waals surface area contributed by atoms with Gasteiger partial charge in [0.05, 0.1) is 30.7 Å². The van der Waals surface area contributed by atoms with Gasteiger partial charge in [-0.2, -0.15) is 4.98 Å². The zero-order valence-corrected chi connectivity index (χ0v) is 16.0. The molecule has 144 valence electrons. The van der Waals surface area contributed by atoms with Gasteiger partial charge in [0.15, 0.2) is 5.82 Å². The summed E-state index contributed by atoms with van der Waals surface area (Å²) < 4.78 is 5.10. The van der Waals surface area contributed by atoms with E-state index in [9.17, 15) is 4.79 Å². The lowest BCUT2D eigenvalue weighted by Crippen LogP contribution is -2.53. The molecule has 0 N–H and O–H groups in total. The summed E-state index contributed by atoms with van der Waals surface area (Å²) in [5.74, 6) is 1.56. The molecule has 0 saturated carbocycles. The van der Waals surface area contributed by atoms with Gasteiger partial charge in [0.1, 0.15) is 0 Å². The van der Waals surface area contributed by atoms with E-state index in [0.29, 0.717) is 25.4 Å². The first-order valence-electron chi connectivity index (χ1n) is 9.58. The predicted octanol–water partition coefficient (Wildman–Crippen LogP) is 1.88. The van der Waals surface area contributed by atoms with Crippen molar-refractivity contribution in [1.82, 2.24) is 29.9 Å². The van der Waals surface area contributed by atoms with Gasteiger partial charge in [-0.1, -0.05) is 5.16 Å². The van der Waals surface area contributed by atoms with Crippen LogP contribution in [-0.2, 0) is 17.9 Å². The summed E-state index contributed by atoms with van der Waals surface area (Å²) in [7, 11) is 0. The standard InChI is InChI=1S/C19H26N6O2/c1-14-8-21-16(9-20-14)10-25-13-19(6-4-18(25)26)5-3-7-24(12-19)11-17-22-15(2)27-23-17/h8-9H,3-7,10-13H2,1-2H3. The summed E-state index contributed by atoms with van der Waals surface area (Å²) in [5, 5.41) is 4.03. The second kappa shape index (κ2) is 7.34. The molecule has 2 fully saturated rings. The number of aryl methyl sites for hydroxylation is 2. The third-order valence-electron chi connectivity index (χ3n) is 5.61. The highest BCUT2D eigenvalue weighted by molar-refractivity contribution is 5.77. The fourth-order valence-electron chi connectivity index (χ4n) is 4.33. The Kier molecular flexibility index (Phi) is 4.90. The average molecular weight is 370 g/mol. The number of hydrogen-bond acceptors (Lipinski definition) is 7. The fraction of sp³-hybridized carbons (Fsp3) is 0.632. The molecule has 2 aromatic rings. The molecular formula is C19H26N6O2. The highest BCUT2D eigenvalue weighted by atomic mass is 16.5. The molecular weight excluding hydrogens is 344 g/mol. The Labute approximate surface area is 159 Å². The molecule has 1 amide bonds. The highest BCUT2D eigenvalue weighted by Crippen LogP contribution is 2.39. The lowest BCUT2D eigenvalue weighted by Gasteiger charge is -2.48. The third-order valence-corrected chi connectivity index (χ3v) is 5.61. The summed E-state index contributed by atoms with van der Waals surface area (Å²) >= 11 is 0. The highest BCUT2D eigenvalue weighted by Gasteiger charge is 2.41. The van der Waals surface area contributed by atoms with E-state index >= 15 is 0 Å². The quantitative estimate of drug-likeness (QED) is 0.812. The number of carbonyl (C=O) groups excluding carboxylic acids is 1. The molecule has 4 rings (SSSR count). The molecule has 1 atom stereocenters. The second-order valence-corrected chi connectivity index (χ2v) is 7.94. The fourth-order valence-corrected chi connectivity index (χ4v) is 4.33. The lowest BCUT2D eigenvalue weighted by molar-refractivity contribution is -0.140. The van der Waals surface area contributed by atoms with Crippen LogP contribution in [0.1, 0.15) is 48.8 Å². The normalized spacial score (nSPS) is 23.9. The van der Waals surface area contributed by atoms with Crippen LogP contribution in [0.25, 0.3) is 0 Å². The van der Waals surface area contributed by atoms with Crippen molar-refractivity contribution < 1.29 is 9.32 Å². The number of aromatic nitrogens is 4. The monoisotopic (exact) mass is 370 g/mol. The van der Waals surface area contributed by atoms with Gasteiger partial charge < -0.3 is 9.42 Å². The zero-order chi connectivity index (χ0) is 18.9. The first kappa shape index (κ1) is 18.0. The van der Waals surface area contributed by atoms with Gasteiger partial charge >= 0.3 is 0 Å². The molecule has 0 bridgehead atoms. The van der Waals surface area contributed by atoms with Crippen molar-refractivity contribution >= 4 is 5.91 Å². The van der Waals surface area contributed by atoms with Crippen molar-refractivity contribution in [3.8, 4) is 0 Å². The van der Waals surface area contributed by atoms with E-state index < -0.39 is 0 Å². The van der Waals surface area contributed by atoms with E-state index in [1.165, 1.54) is 0 Å². The first-order chi connectivity index (χ1) is 13.0. The number of carbonyl (C=O) groups is 1. The Morgan fingerprint density at radius 3 is 2.78 bits per heavy atom. The van der Waals surface area contributed by atoms with E-state index in [-0.39, 0.29) is 11.3 Å². The molecule has 4 heterocycles. The van der Waals surface area contributed by atoms with E-state index in [1.807, 2.05) is 18.7 Å². The van der Waals surface area contributed by atoms with Crippen LogP contribution in [0.15, 0.2) is 16.9 Å². The van der Waals surface area contributed by atoms with Gasteiger partial charge in [-0.3, -0.25) is 19.7 Å². The number of piperidine rings is 2. The van der Waals surface area contributed by atoms with E-state index in [4.69, 9.17) is 4.52 Å². The molecule has 0 aliphatic carbocycles. The van der Waals surface area contributed by atoms with Crippen LogP contribution in [0, 0.1) is 19.3 Å². The smallest absolute Gasteiger partial charge is 0.223 e. The second-order valence-electron chi connectivity index (χ2n) is 7.94. The molecule has 0 radical (unpaired) electrons. The largest absolute Gasteiger partial charge is 0.340 e. The minimum Gasteiger partial charge on any atom is -0.340 e. The maximum Gasteiger partial charge on any atom is 0.223 e. The maximum absolute atomic E-state index is 12.5. The SMILES string of the molecule is Cc1cnc(CN2CC3(CCCN(Cc4noc(C)n4)C3)CCC2=O)cn1. The topological polar surface area (TPSA) is 88.3 Å². The van der Waals surface area contributed by atoms with Crippen LogP contribution >= 0.6 is 0 Å². The Hall–Kier alpha value is -2.35. The average Bonchev–Trinajstić information content (AvgIpc) is 3.05. The van der Waals surface area contributed by atoms with E-state index in [2.05, 4.69) is 25.0 Å². The number of hydrogen-bond donors (Lipinski definition) is 0. The lowest BCUT2D eigenvalue weighted by atomic mass is 9.73. The molecule has 27 heavy (non-hydrogen) atoms. The molecule has 2 aliphatic rings. The molecule has 2 aliphatic heterocycles. The maximum atomic E-state index is 12.5. The summed E-state index contributed by atoms with van der Waals surface area (Å²) in [5.41, 5.74) is 1.88. The van der Waals surface area contributed by atoms with Crippen LogP contribution in [0.3, 0.4) is 0 Å². The van der Waals surface area contributed by atoms with Crippen molar-refractivity contribution in [2.75, 3.05) is 19.6 Å². The number of amides is 1.